The Morgan fingerprint density at radius 2 is 1.29 bits per heavy atom. The van der Waals surface area contributed by atoms with Crippen molar-refractivity contribution in [3.8, 4) is 0 Å². The van der Waals surface area contributed by atoms with E-state index < -0.39 is 28.9 Å². The molecule has 0 aliphatic carbocycles. The number of non-ortho nitro benzene ring substituents is 1. The molecule has 0 fully saturated rings. The van der Waals surface area contributed by atoms with Gasteiger partial charge in [0, 0.05) is 53.9 Å². The number of aromatic amines is 3. The van der Waals surface area contributed by atoms with Gasteiger partial charge in [-0.3, -0.25) is 19.7 Å². The van der Waals surface area contributed by atoms with E-state index in [0.29, 0.717) is 28.5 Å². The summed E-state index contributed by atoms with van der Waals surface area (Å²) in [7, 11) is 0. The zero-order valence-electron chi connectivity index (χ0n) is 26.0. The zero-order valence-corrected chi connectivity index (χ0v) is 26.0. The number of nitrogens with two attached hydrogens (primary N) is 2. The van der Waals surface area contributed by atoms with E-state index in [1.54, 1.807) is 24.5 Å². The van der Waals surface area contributed by atoms with Crippen molar-refractivity contribution < 1.29 is 24.7 Å². The Kier molecular flexibility index (Phi) is 11.1. The van der Waals surface area contributed by atoms with Crippen LogP contribution in [0.15, 0.2) is 92.9 Å². The van der Waals surface area contributed by atoms with Gasteiger partial charge in [-0.25, -0.2) is 0 Å². The lowest BCUT2D eigenvalue weighted by atomic mass is 10.0. The largest absolute Gasteiger partial charge is 0.480 e. The van der Waals surface area contributed by atoms with Gasteiger partial charge < -0.3 is 36.6 Å². The van der Waals surface area contributed by atoms with Crippen LogP contribution >= 0.6 is 0 Å². The molecule has 2 atom stereocenters. The van der Waals surface area contributed by atoms with Crippen LogP contribution in [-0.2, 0) is 22.4 Å². The van der Waals surface area contributed by atoms with Crippen LogP contribution in [0.5, 0.6) is 0 Å². The van der Waals surface area contributed by atoms with Crippen molar-refractivity contribution in [2.75, 3.05) is 0 Å². The number of carbonyl (C=O) groups is 2. The molecule has 2 unspecified atom stereocenters. The molecule has 0 aliphatic heterocycles. The smallest absolute Gasteiger partial charge is 0.320 e. The van der Waals surface area contributed by atoms with Gasteiger partial charge in [0.1, 0.15) is 12.1 Å². The molecule has 0 saturated carbocycles. The summed E-state index contributed by atoms with van der Waals surface area (Å²) in [5.41, 5.74) is 17.8. The van der Waals surface area contributed by atoms with E-state index in [9.17, 15) is 19.7 Å². The van der Waals surface area contributed by atoms with Crippen molar-refractivity contribution in [1.82, 2.24) is 15.0 Å². The van der Waals surface area contributed by atoms with Gasteiger partial charge in [-0.1, -0.05) is 62.2 Å². The Hall–Kier alpha value is -6.24. The van der Waals surface area contributed by atoms with Crippen molar-refractivity contribution >= 4 is 68.6 Å². The van der Waals surface area contributed by atoms with Crippen molar-refractivity contribution in [2.45, 2.75) is 24.9 Å². The SMILES string of the molecule is C=Cc1cc([N+](=O)[O-])c2c(CC(N)C(=O)O)c[nH]c2c1.C=Cc1ccc2c(CC(N)C(=O)O)c[nH]c2c1.C=Cc1ccc2cc[nH]c2c1. The van der Waals surface area contributed by atoms with Crippen LogP contribution in [0.4, 0.5) is 5.69 Å². The number of rotatable bonds is 10. The molecule has 9 N–H and O–H groups in total. The maximum atomic E-state index is 11.2. The number of hydrogen-bond acceptors (Lipinski definition) is 6. The number of nitrogens with zero attached hydrogens (tertiary/aromatic N) is 1. The van der Waals surface area contributed by atoms with E-state index in [-0.39, 0.29) is 12.1 Å². The Morgan fingerprint density at radius 1 is 0.750 bits per heavy atom. The summed E-state index contributed by atoms with van der Waals surface area (Å²) in [5.74, 6) is -2.13. The molecule has 0 saturated heterocycles. The van der Waals surface area contributed by atoms with Gasteiger partial charge in [0.25, 0.3) is 5.69 Å². The third kappa shape index (κ3) is 8.12. The van der Waals surface area contributed by atoms with Gasteiger partial charge in [0.15, 0.2) is 0 Å². The quantitative estimate of drug-likeness (QED) is 0.0663. The molecular weight excluding hydrogens is 612 g/mol. The number of benzene rings is 3. The number of nitrogens with one attached hydrogen (secondary N) is 3. The van der Waals surface area contributed by atoms with Crippen LogP contribution < -0.4 is 11.5 Å². The number of nitro groups is 1. The van der Waals surface area contributed by atoms with E-state index in [0.717, 1.165) is 27.6 Å². The third-order valence-corrected chi connectivity index (χ3v) is 7.65. The maximum absolute atomic E-state index is 11.2. The zero-order chi connectivity index (χ0) is 35.0. The molecule has 0 aliphatic rings. The Labute approximate surface area is 275 Å². The summed E-state index contributed by atoms with van der Waals surface area (Å²) in [6.45, 7) is 11.0. The minimum atomic E-state index is -1.15. The summed E-state index contributed by atoms with van der Waals surface area (Å²) >= 11 is 0. The average molecular weight is 649 g/mol. The molecule has 12 nitrogen and oxygen atoms in total. The summed E-state index contributed by atoms with van der Waals surface area (Å²) in [6.07, 6.45) is 10.8. The molecule has 0 amide bonds. The van der Waals surface area contributed by atoms with Gasteiger partial charge in [-0.2, -0.15) is 0 Å². The van der Waals surface area contributed by atoms with E-state index >= 15 is 0 Å². The molecule has 246 valence electrons. The molecule has 0 spiro atoms. The second-order valence-electron chi connectivity index (χ2n) is 10.9. The predicted molar refractivity (Wildman–Crippen MR) is 190 cm³/mol. The summed E-state index contributed by atoms with van der Waals surface area (Å²) in [5, 5.41) is 31.4. The van der Waals surface area contributed by atoms with E-state index in [1.165, 1.54) is 23.0 Å². The fraction of sp³-hybridized carbons (Fsp3) is 0.111. The van der Waals surface area contributed by atoms with E-state index in [1.807, 2.05) is 30.5 Å². The lowest BCUT2D eigenvalue weighted by Crippen LogP contribution is -2.32. The van der Waals surface area contributed by atoms with E-state index in [2.05, 4.69) is 59.0 Å². The molecule has 6 aromatic rings. The standard InChI is InChI=1S/C13H13N3O4.C13H14N2O2.C10H9N/c1-2-7-3-10-12(11(4-7)16(19)20)8(6-15-10)5-9(14)13(17)18;1-2-8-3-4-10-9(6-11(14)13(16)17)7-15-12(10)5-8;1-2-8-3-4-9-5-6-11-10(9)7-8/h2-4,6,9,15H,1,5,14H2,(H,17,18);2-5,7,11,15H,1,6,14H2,(H,16,17);2-7,11H,1H2. The second kappa shape index (κ2) is 15.4. The molecule has 3 aromatic heterocycles. The first kappa shape index (κ1) is 34.6. The predicted octanol–water partition coefficient (Wildman–Crippen LogP) is 6.25. The molecule has 0 radical (unpaired) electrons. The first-order valence-corrected chi connectivity index (χ1v) is 14.7. The minimum Gasteiger partial charge on any atom is -0.480 e. The Morgan fingerprint density at radius 3 is 1.90 bits per heavy atom. The number of H-pyrrole nitrogens is 3. The van der Waals surface area contributed by atoms with Crippen molar-refractivity contribution in [1.29, 1.82) is 0 Å². The first-order chi connectivity index (χ1) is 22.9. The monoisotopic (exact) mass is 648 g/mol. The highest BCUT2D eigenvalue weighted by Gasteiger charge is 2.21. The van der Waals surface area contributed by atoms with Gasteiger partial charge >= 0.3 is 11.9 Å². The molecular formula is C36H36N6O6. The topological polar surface area (TPSA) is 217 Å². The molecule has 3 heterocycles. The van der Waals surface area contributed by atoms with E-state index in [4.69, 9.17) is 21.7 Å². The number of nitro benzene ring substituents is 1. The van der Waals surface area contributed by atoms with Crippen LogP contribution in [0.25, 0.3) is 50.9 Å². The minimum absolute atomic E-state index is 0.0175. The summed E-state index contributed by atoms with van der Waals surface area (Å²) in [6, 6.07) is 15.3. The maximum Gasteiger partial charge on any atom is 0.320 e. The lowest BCUT2D eigenvalue weighted by molar-refractivity contribution is -0.383. The van der Waals surface area contributed by atoms with Crippen LogP contribution in [-0.4, -0.2) is 54.1 Å². The van der Waals surface area contributed by atoms with Gasteiger partial charge in [0.05, 0.1) is 15.8 Å². The average Bonchev–Trinajstić information content (AvgIpc) is 3.82. The van der Waals surface area contributed by atoms with Crippen LogP contribution in [0.2, 0.25) is 0 Å². The summed E-state index contributed by atoms with van der Waals surface area (Å²) < 4.78 is 0. The van der Waals surface area contributed by atoms with Crippen molar-refractivity contribution in [2.24, 2.45) is 11.5 Å². The van der Waals surface area contributed by atoms with Crippen molar-refractivity contribution in [3.05, 3.63) is 131 Å². The van der Waals surface area contributed by atoms with Crippen LogP contribution in [0.1, 0.15) is 27.8 Å². The fourth-order valence-electron chi connectivity index (χ4n) is 5.10. The molecule has 3 aromatic carbocycles. The number of carboxylic acids is 2. The fourth-order valence-corrected chi connectivity index (χ4v) is 5.10. The van der Waals surface area contributed by atoms with Gasteiger partial charge in [-0.15, -0.1) is 0 Å². The molecule has 0 bridgehead atoms. The number of carboxylic acid groups (broad SMARTS) is 2. The van der Waals surface area contributed by atoms with Gasteiger partial charge in [-0.05, 0) is 57.5 Å². The Balaban J connectivity index is 0.000000169. The highest BCUT2D eigenvalue weighted by molar-refractivity contribution is 5.94. The number of aromatic nitrogens is 3. The van der Waals surface area contributed by atoms with Crippen molar-refractivity contribution in [3.63, 3.8) is 0 Å². The highest BCUT2D eigenvalue weighted by atomic mass is 16.6. The lowest BCUT2D eigenvalue weighted by Gasteiger charge is -2.05. The molecule has 6 rings (SSSR count). The van der Waals surface area contributed by atoms with Gasteiger partial charge in [0.2, 0.25) is 0 Å². The second-order valence-corrected chi connectivity index (χ2v) is 10.9. The van der Waals surface area contributed by atoms with Crippen LogP contribution in [0.3, 0.4) is 0 Å². The highest BCUT2D eigenvalue weighted by Crippen LogP contribution is 2.31. The number of hydrogen-bond donors (Lipinski definition) is 7. The van der Waals surface area contributed by atoms with Crippen LogP contribution in [0, 0.1) is 10.1 Å². The third-order valence-electron chi connectivity index (χ3n) is 7.65. The molecule has 12 heteroatoms. The summed E-state index contributed by atoms with van der Waals surface area (Å²) in [4.78, 5) is 41.3. The molecule has 48 heavy (non-hydrogen) atoms. The number of aliphatic carboxylic acids is 2. The Bertz CT molecular complexity index is 2140. The first-order valence-electron chi connectivity index (χ1n) is 14.7. The number of fused-ring (bicyclic) bond motifs is 3. The normalized spacial score (nSPS) is 11.9.